The van der Waals surface area contributed by atoms with E-state index in [-0.39, 0.29) is 0 Å². The van der Waals surface area contributed by atoms with Crippen molar-refractivity contribution in [2.75, 3.05) is 13.6 Å². The summed E-state index contributed by atoms with van der Waals surface area (Å²) in [6, 6.07) is 0.819. The lowest BCUT2D eigenvalue weighted by Crippen LogP contribution is -2.30. The van der Waals surface area contributed by atoms with E-state index in [4.69, 9.17) is 0 Å². The Balaban J connectivity index is 3.56. The summed E-state index contributed by atoms with van der Waals surface area (Å²) < 4.78 is 0. The summed E-state index contributed by atoms with van der Waals surface area (Å²) >= 11 is 0. The van der Waals surface area contributed by atoms with Gasteiger partial charge in [-0.1, -0.05) is 33.6 Å². The van der Waals surface area contributed by atoms with Gasteiger partial charge in [-0.15, -0.1) is 0 Å². The molecule has 1 heteroatoms. The lowest BCUT2D eigenvalue weighted by Gasteiger charge is -2.25. The summed E-state index contributed by atoms with van der Waals surface area (Å²) in [7, 11) is 2.23. The first kappa shape index (κ1) is 11.0. The third kappa shape index (κ3) is 4.41. The van der Waals surface area contributed by atoms with Gasteiger partial charge >= 0.3 is 0 Å². The van der Waals surface area contributed by atoms with Crippen LogP contribution in [-0.4, -0.2) is 24.5 Å². The molecule has 0 aliphatic rings. The Morgan fingerprint density at radius 2 is 1.82 bits per heavy atom. The van der Waals surface area contributed by atoms with Crippen LogP contribution in [-0.2, 0) is 0 Å². The van der Waals surface area contributed by atoms with Crippen LogP contribution in [0, 0.1) is 0 Å². The predicted octanol–water partition coefficient (Wildman–Crippen LogP) is 2.91. The third-order valence-electron chi connectivity index (χ3n) is 2.48. The molecule has 68 valence electrons. The minimum atomic E-state index is 0.819. The molecule has 0 fully saturated rings. The van der Waals surface area contributed by atoms with Crippen LogP contribution in [0.5, 0.6) is 0 Å². The number of hydrogen-bond donors (Lipinski definition) is 0. The molecule has 0 bridgehead atoms. The highest BCUT2D eigenvalue weighted by atomic mass is 15.1. The van der Waals surface area contributed by atoms with Crippen LogP contribution in [0.15, 0.2) is 0 Å². The number of rotatable bonds is 6. The van der Waals surface area contributed by atoms with Gasteiger partial charge in [0.1, 0.15) is 0 Å². The Morgan fingerprint density at radius 3 is 2.18 bits per heavy atom. The van der Waals surface area contributed by atoms with Crippen molar-refractivity contribution in [1.82, 2.24) is 4.90 Å². The van der Waals surface area contributed by atoms with Gasteiger partial charge in [-0.2, -0.15) is 0 Å². The second kappa shape index (κ2) is 6.66. The Morgan fingerprint density at radius 1 is 1.18 bits per heavy atom. The predicted molar refractivity (Wildman–Crippen MR) is 51.9 cm³/mol. The lowest BCUT2D eigenvalue weighted by molar-refractivity contribution is 0.231. The molecule has 0 aromatic rings. The molecule has 0 unspecified atom stereocenters. The van der Waals surface area contributed by atoms with Gasteiger partial charge in [0, 0.05) is 6.04 Å². The minimum Gasteiger partial charge on any atom is -0.304 e. The molecule has 0 heterocycles. The molecule has 0 aromatic heterocycles. The molecule has 0 rings (SSSR count). The molecule has 0 aromatic carbocycles. The van der Waals surface area contributed by atoms with Gasteiger partial charge in [0.05, 0.1) is 0 Å². The highest BCUT2D eigenvalue weighted by Gasteiger charge is 2.08. The summed E-state index contributed by atoms with van der Waals surface area (Å²) in [5, 5.41) is 0. The standard InChI is InChI=1S/C10H23N/c1-5-8-9-10(6-2)11(4)7-3/h10H,5-9H2,1-4H3/t10-/m0/s1. The van der Waals surface area contributed by atoms with Gasteiger partial charge in [-0.3, -0.25) is 0 Å². The minimum absolute atomic E-state index is 0.819. The average molecular weight is 157 g/mol. The zero-order chi connectivity index (χ0) is 8.69. The number of unbranched alkanes of at least 4 members (excludes halogenated alkanes) is 1. The van der Waals surface area contributed by atoms with E-state index in [0.717, 1.165) is 6.04 Å². The van der Waals surface area contributed by atoms with Crippen LogP contribution < -0.4 is 0 Å². The third-order valence-corrected chi connectivity index (χ3v) is 2.48. The first-order valence-corrected chi connectivity index (χ1v) is 4.96. The van der Waals surface area contributed by atoms with Crippen molar-refractivity contribution >= 4 is 0 Å². The summed E-state index contributed by atoms with van der Waals surface area (Å²) in [6.45, 7) is 7.96. The van der Waals surface area contributed by atoms with E-state index in [1.807, 2.05) is 0 Å². The second-order valence-corrected chi connectivity index (χ2v) is 3.28. The monoisotopic (exact) mass is 157 g/mol. The first-order chi connectivity index (χ1) is 5.26. The highest BCUT2D eigenvalue weighted by molar-refractivity contribution is 4.65. The topological polar surface area (TPSA) is 3.24 Å². The van der Waals surface area contributed by atoms with Crippen LogP contribution in [0.25, 0.3) is 0 Å². The van der Waals surface area contributed by atoms with Gasteiger partial charge in [0.25, 0.3) is 0 Å². The Labute approximate surface area is 71.8 Å². The quantitative estimate of drug-likeness (QED) is 0.573. The highest BCUT2D eigenvalue weighted by Crippen LogP contribution is 2.09. The lowest BCUT2D eigenvalue weighted by atomic mass is 10.1. The van der Waals surface area contributed by atoms with Gasteiger partial charge in [-0.05, 0) is 26.4 Å². The van der Waals surface area contributed by atoms with E-state index in [0.29, 0.717) is 0 Å². The molecular weight excluding hydrogens is 134 g/mol. The van der Waals surface area contributed by atoms with Crippen LogP contribution in [0.2, 0.25) is 0 Å². The summed E-state index contributed by atoms with van der Waals surface area (Å²) in [4.78, 5) is 2.45. The molecule has 0 spiro atoms. The summed E-state index contributed by atoms with van der Waals surface area (Å²) in [5.74, 6) is 0. The largest absolute Gasteiger partial charge is 0.304 e. The zero-order valence-corrected chi connectivity index (χ0v) is 8.56. The normalized spacial score (nSPS) is 13.9. The molecule has 0 aliphatic carbocycles. The Kier molecular flexibility index (Phi) is 6.63. The van der Waals surface area contributed by atoms with E-state index < -0.39 is 0 Å². The SMILES string of the molecule is CCCC[C@H](CC)N(C)CC. The Bertz CT molecular complexity index is 80.9. The second-order valence-electron chi connectivity index (χ2n) is 3.28. The molecule has 0 saturated carbocycles. The molecule has 0 radical (unpaired) electrons. The fourth-order valence-corrected chi connectivity index (χ4v) is 1.43. The van der Waals surface area contributed by atoms with Gasteiger partial charge in [0.15, 0.2) is 0 Å². The maximum atomic E-state index is 2.45. The van der Waals surface area contributed by atoms with Crippen LogP contribution in [0.4, 0.5) is 0 Å². The van der Waals surface area contributed by atoms with Crippen molar-refractivity contribution in [1.29, 1.82) is 0 Å². The van der Waals surface area contributed by atoms with Crippen LogP contribution >= 0.6 is 0 Å². The fraction of sp³-hybridized carbons (Fsp3) is 1.00. The number of nitrogens with zero attached hydrogens (tertiary/aromatic N) is 1. The zero-order valence-electron chi connectivity index (χ0n) is 8.56. The van der Waals surface area contributed by atoms with Crippen molar-refractivity contribution < 1.29 is 0 Å². The average Bonchev–Trinajstić information content (AvgIpc) is 2.05. The smallest absolute Gasteiger partial charge is 0.00894 e. The van der Waals surface area contributed by atoms with Crippen molar-refractivity contribution in [2.24, 2.45) is 0 Å². The molecule has 0 aliphatic heterocycles. The first-order valence-electron chi connectivity index (χ1n) is 4.96. The van der Waals surface area contributed by atoms with Gasteiger partial charge in [0.2, 0.25) is 0 Å². The summed E-state index contributed by atoms with van der Waals surface area (Å²) in [6.07, 6.45) is 5.37. The van der Waals surface area contributed by atoms with Gasteiger partial charge < -0.3 is 4.90 Å². The fourth-order valence-electron chi connectivity index (χ4n) is 1.43. The van der Waals surface area contributed by atoms with Crippen LogP contribution in [0.3, 0.4) is 0 Å². The molecule has 0 saturated heterocycles. The number of hydrogen-bond acceptors (Lipinski definition) is 1. The van der Waals surface area contributed by atoms with Crippen molar-refractivity contribution in [3.05, 3.63) is 0 Å². The van der Waals surface area contributed by atoms with E-state index in [1.165, 1.54) is 32.2 Å². The molecule has 0 amide bonds. The molecule has 1 atom stereocenters. The van der Waals surface area contributed by atoms with Crippen molar-refractivity contribution in [2.45, 2.75) is 52.5 Å². The van der Waals surface area contributed by atoms with E-state index in [9.17, 15) is 0 Å². The maximum Gasteiger partial charge on any atom is 0.00894 e. The maximum absolute atomic E-state index is 2.45. The van der Waals surface area contributed by atoms with Crippen molar-refractivity contribution in [3.63, 3.8) is 0 Å². The molecule has 11 heavy (non-hydrogen) atoms. The van der Waals surface area contributed by atoms with E-state index >= 15 is 0 Å². The molecular formula is C10H23N. The summed E-state index contributed by atoms with van der Waals surface area (Å²) in [5.41, 5.74) is 0. The van der Waals surface area contributed by atoms with Crippen molar-refractivity contribution in [3.8, 4) is 0 Å². The molecule has 1 nitrogen and oxygen atoms in total. The van der Waals surface area contributed by atoms with E-state index in [1.54, 1.807) is 0 Å². The Hall–Kier alpha value is -0.0400. The van der Waals surface area contributed by atoms with Gasteiger partial charge in [-0.25, -0.2) is 0 Å². The van der Waals surface area contributed by atoms with Crippen LogP contribution in [0.1, 0.15) is 46.5 Å². The van der Waals surface area contributed by atoms with E-state index in [2.05, 4.69) is 32.7 Å². The molecule has 0 N–H and O–H groups in total.